The Bertz CT molecular complexity index is 546. The van der Waals surface area contributed by atoms with E-state index in [0.29, 0.717) is 18.0 Å². The van der Waals surface area contributed by atoms with E-state index in [4.69, 9.17) is 6.42 Å². The van der Waals surface area contributed by atoms with Crippen LogP contribution in [-0.4, -0.2) is 25.8 Å². The Hall–Kier alpha value is -1.31. The third-order valence-electron chi connectivity index (χ3n) is 3.35. The van der Waals surface area contributed by atoms with E-state index < -0.39 is 10.0 Å². The molecule has 0 atom stereocenters. The van der Waals surface area contributed by atoms with Crippen LogP contribution in [0, 0.1) is 25.2 Å². The fourth-order valence-corrected chi connectivity index (χ4v) is 3.59. The summed E-state index contributed by atoms with van der Waals surface area (Å²) in [6.45, 7) is 2.98. The summed E-state index contributed by atoms with van der Waals surface area (Å²) in [5, 5.41) is 0. The van der Waals surface area contributed by atoms with E-state index in [1.807, 2.05) is 19.1 Å². The van der Waals surface area contributed by atoms with Gasteiger partial charge in [0.1, 0.15) is 0 Å². The maximum absolute atomic E-state index is 12.4. The smallest absolute Gasteiger partial charge is 0.207 e. The molecule has 1 aromatic rings. The van der Waals surface area contributed by atoms with E-state index in [0.717, 1.165) is 18.4 Å². The lowest BCUT2D eigenvalue weighted by atomic mass is 10.00. The number of piperidine rings is 1. The zero-order valence-corrected chi connectivity index (χ0v) is 11.3. The van der Waals surface area contributed by atoms with Gasteiger partial charge in [0, 0.05) is 19.0 Å². The number of aryl methyl sites for hydroxylation is 1. The standard InChI is InChI=1S/C14H17NO2S/c1-3-13-8-10-15(11-9-13)18(16,17)14-6-4-12(2)5-7-14/h1,4-7,13H,8-11H2,2H3. The molecular weight excluding hydrogens is 246 g/mol. The minimum absolute atomic E-state index is 0.217. The van der Waals surface area contributed by atoms with Gasteiger partial charge in [-0.1, -0.05) is 17.7 Å². The third-order valence-corrected chi connectivity index (χ3v) is 5.26. The number of hydrogen-bond acceptors (Lipinski definition) is 2. The van der Waals surface area contributed by atoms with Gasteiger partial charge in [-0.15, -0.1) is 12.3 Å². The quantitative estimate of drug-likeness (QED) is 0.766. The van der Waals surface area contributed by atoms with Crippen LogP contribution in [0.3, 0.4) is 0 Å². The van der Waals surface area contributed by atoms with Crippen LogP contribution in [0.5, 0.6) is 0 Å². The highest BCUT2D eigenvalue weighted by Gasteiger charge is 2.28. The van der Waals surface area contributed by atoms with E-state index in [-0.39, 0.29) is 5.92 Å². The predicted octanol–water partition coefficient (Wildman–Crippen LogP) is 2.03. The largest absolute Gasteiger partial charge is 0.243 e. The van der Waals surface area contributed by atoms with Gasteiger partial charge >= 0.3 is 0 Å². The molecule has 0 N–H and O–H groups in total. The van der Waals surface area contributed by atoms with E-state index >= 15 is 0 Å². The van der Waals surface area contributed by atoms with Gasteiger partial charge in [-0.3, -0.25) is 0 Å². The van der Waals surface area contributed by atoms with Crippen LogP contribution < -0.4 is 0 Å². The molecule has 3 nitrogen and oxygen atoms in total. The Labute approximate surface area is 109 Å². The first kappa shape index (κ1) is 13.1. The van der Waals surface area contributed by atoms with Crippen LogP contribution in [0.2, 0.25) is 0 Å². The highest BCUT2D eigenvalue weighted by Crippen LogP contribution is 2.23. The highest BCUT2D eigenvalue weighted by atomic mass is 32.2. The Morgan fingerprint density at radius 3 is 2.28 bits per heavy atom. The van der Waals surface area contributed by atoms with Gasteiger partial charge in [0.25, 0.3) is 0 Å². The van der Waals surface area contributed by atoms with Gasteiger partial charge < -0.3 is 0 Å². The van der Waals surface area contributed by atoms with Crippen molar-refractivity contribution in [2.24, 2.45) is 5.92 Å². The second kappa shape index (κ2) is 5.13. The Balaban J connectivity index is 2.18. The third kappa shape index (κ3) is 2.58. The molecule has 0 unspecified atom stereocenters. The fraction of sp³-hybridized carbons (Fsp3) is 0.429. The summed E-state index contributed by atoms with van der Waals surface area (Å²) in [4.78, 5) is 0.368. The Morgan fingerprint density at radius 1 is 1.22 bits per heavy atom. The summed E-state index contributed by atoms with van der Waals surface area (Å²) < 4.78 is 26.3. The average molecular weight is 263 g/mol. The van der Waals surface area contributed by atoms with Gasteiger partial charge in [-0.25, -0.2) is 8.42 Å². The summed E-state index contributed by atoms with van der Waals surface area (Å²) in [6, 6.07) is 6.97. The molecule has 0 aromatic heterocycles. The van der Waals surface area contributed by atoms with E-state index in [1.54, 1.807) is 12.1 Å². The van der Waals surface area contributed by atoms with Gasteiger partial charge in [-0.05, 0) is 31.9 Å². The van der Waals surface area contributed by atoms with Gasteiger partial charge in [0.2, 0.25) is 10.0 Å². The van der Waals surface area contributed by atoms with E-state index in [1.165, 1.54) is 4.31 Å². The van der Waals surface area contributed by atoms with Gasteiger partial charge in [0.15, 0.2) is 0 Å². The number of benzene rings is 1. The van der Waals surface area contributed by atoms with Gasteiger partial charge in [-0.2, -0.15) is 4.31 Å². The zero-order valence-electron chi connectivity index (χ0n) is 10.5. The van der Waals surface area contributed by atoms with Crippen LogP contribution >= 0.6 is 0 Å². The lowest BCUT2D eigenvalue weighted by Crippen LogP contribution is -2.38. The zero-order chi connectivity index (χ0) is 13.2. The molecule has 0 saturated carbocycles. The fourth-order valence-electron chi connectivity index (χ4n) is 2.12. The summed E-state index contributed by atoms with van der Waals surface area (Å²) in [5.74, 6) is 2.92. The summed E-state index contributed by atoms with van der Waals surface area (Å²) in [7, 11) is -3.35. The van der Waals surface area contributed by atoms with Crippen LogP contribution in [0.15, 0.2) is 29.2 Å². The van der Waals surface area contributed by atoms with Crippen molar-refractivity contribution in [1.29, 1.82) is 0 Å². The molecule has 18 heavy (non-hydrogen) atoms. The molecule has 0 bridgehead atoms. The Morgan fingerprint density at radius 2 is 1.78 bits per heavy atom. The lowest BCUT2D eigenvalue weighted by Gasteiger charge is -2.28. The van der Waals surface area contributed by atoms with Crippen molar-refractivity contribution in [3.05, 3.63) is 29.8 Å². The van der Waals surface area contributed by atoms with Crippen molar-refractivity contribution in [3.63, 3.8) is 0 Å². The van der Waals surface area contributed by atoms with Crippen LogP contribution in [-0.2, 0) is 10.0 Å². The maximum atomic E-state index is 12.4. The molecule has 0 radical (unpaired) electrons. The second-order valence-corrected chi connectivity index (χ2v) is 6.60. The molecule has 0 aliphatic carbocycles. The van der Waals surface area contributed by atoms with Crippen molar-refractivity contribution >= 4 is 10.0 Å². The molecule has 1 fully saturated rings. The summed E-state index contributed by atoms with van der Waals surface area (Å²) in [5.41, 5.74) is 1.06. The van der Waals surface area contributed by atoms with Crippen molar-refractivity contribution in [1.82, 2.24) is 4.31 Å². The molecule has 1 aliphatic rings. The SMILES string of the molecule is C#CC1CCN(S(=O)(=O)c2ccc(C)cc2)CC1. The first-order valence-corrected chi connectivity index (χ1v) is 7.51. The topological polar surface area (TPSA) is 37.4 Å². The van der Waals surface area contributed by atoms with Crippen LogP contribution in [0.1, 0.15) is 18.4 Å². The molecule has 1 aromatic carbocycles. The van der Waals surface area contributed by atoms with Crippen LogP contribution in [0.4, 0.5) is 0 Å². The van der Waals surface area contributed by atoms with E-state index in [9.17, 15) is 8.42 Å². The second-order valence-electron chi connectivity index (χ2n) is 4.66. The molecule has 0 amide bonds. The monoisotopic (exact) mass is 263 g/mol. The number of sulfonamides is 1. The molecule has 1 heterocycles. The minimum Gasteiger partial charge on any atom is -0.207 e. The first-order chi connectivity index (χ1) is 8.54. The normalized spacial score (nSPS) is 18.4. The minimum atomic E-state index is -3.35. The number of terminal acetylenes is 1. The molecular formula is C14H17NO2S. The lowest BCUT2D eigenvalue weighted by molar-refractivity contribution is 0.311. The van der Waals surface area contributed by atoms with Crippen molar-refractivity contribution in [2.75, 3.05) is 13.1 Å². The molecule has 2 rings (SSSR count). The number of hydrogen-bond donors (Lipinski definition) is 0. The van der Waals surface area contributed by atoms with Crippen molar-refractivity contribution in [2.45, 2.75) is 24.7 Å². The molecule has 4 heteroatoms. The number of rotatable bonds is 2. The number of nitrogens with zero attached hydrogens (tertiary/aromatic N) is 1. The molecule has 1 aliphatic heterocycles. The molecule has 0 spiro atoms. The Kier molecular flexibility index (Phi) is 3.74. The van der Waals surface area contributed by atoms with Gasteiger partial charge in [0.05, 0.1) is 4.90 Å². The average Bonchev–Trinajstić information content (AvgIpc) is 2.39. The summed E-state index contributed by atoms with van der Waals surface area (Å²) >= 11 is 0. The first-order valence-electron chi connectivity index (χ1n) is 6.07. The van der Waals surface area contributed by atoms with Crippen molar-refractivity contribution < 1.29 is 8.42 Å². The highest BCUT2D eigenvalue weighted by molar-refractivity contribution is 7.89. The van der Waals surface area contributed by atoms with Crippen LogP contribution in [0.25, 0.3) is 0 Å². The van der Waals surface area contributed by atoms with E-state index in [2.05, 4.69) is 5.92 Å². The summed E-state index contributed by atoms with van der Waals surface area (Å²) in [6.07, 6.45) is 6.87. The molecule has 1 saturated heterocycles. The molecule has 96 valence electrons. The maximum Gasteiger partial charge on any atom is 0.243 e. The van der Waals surface area contributed by atoms with Crippen molar-refractivity contribution in [3.8, 4) is 12.3 Å². The predicted molar refractivity (Wildman–Crippen MR) is 71.5 cm³/mol.